The number of carbonyl (C=O) groups is 1. The molecule has 0 fully saturated rings. The summed E-state index contributed by atoms with van der Waals surface area (Å²) in [5, 5.41) is 0. The summed E-state index contributed by atoms with van der Waals surface area (Å²) in [6.07, 6.45) is 2.44. The Hall–Kier alpha value is -1.15. The van der Waals surface area contributed by atoms with E-state index in [4.69, 9.17) is 5.73 Å². The van der Waals surface area contributed by atoms with E-state index in [1.807, 2.05) is 0 Å². The van der Waals surface area contributed by atoms with E-state index in [0.717, 1.165) is 18.4 Å². The number of nitrogens with two attached hydrogens (primary N) is 1. The van der Waals surface area contributed by atoms with E-state index in [2.05, 4.69) is 45.0 Å². The van der Waals surface area contributed by atoms with Gasteiger partial charge in [-0.15, -0.1) is 0 Å². The molecule has 1 rings (SSSR count). The van der Waals surface area contributed by atoms with Gasteiger partial charge in [0.25, 0.3) is 0 Å². The lowest BCUT2D eigenvalue weighted by atomic mass is 9.90. The SMILES string of the molecule is CCc1ccc(CC(=O)C(CN)CC(C)C)cc1. The van der Waals surface area contributed by atoms with Crippen molar-refractivity contribution in [3.05, 3.63) is 35.4 Å². The maximum atomic E-state index is 12.2. The first-order valence-corrected chi connectivity index (χ1v) is 6.87. The van der Waals surface area contributed by atoms with Crippen molar-refractivity contribution >= 4 is 5.78 Å². The quantitative estimate of drug-likeness (QED) is 0.805. The van der Waals surface area contributed by atoms with Gasteiger partial charge in [-0.25, -0.2) is 0 Å². The maximum absolute atomic E-state index is 12.2. The Kier molecular flexibility index (Phi) is 6.06. The van der Waals surface area contributed by atoms with Gasteiger partial charge in [-0.2, -0.15) is 0 Å². The molecule has 1 unspecified atom stereocenters. The molecule has 0 saturated heterocycles. The van der Waals surface area contributed by atoms with Gasteiger partial charge >= 0.3 is 0 Å². The normalized spacial score (nSPS) is 12.7. The number of carbonyl (C=O) groups excluding carboxylic acids is 1. The molecule has 0 aliphatic carbocycles. The summed E-state index contributed by atoms with van der Waals surface area (Å²) < 4.78 is 0. The molecular weight excluding hydrogens is 222 g/mol. The molecule has 0 amide bonds. The lowest BCUT2D eigenvalue weighted by Gasteiger charge is -2.15. The molecule has 100 valence electrons. The summed E-state index contributed by atoms with van der Waals surface area (Å²) in [5.74, 6) is 0.802. The van der Waals surface area contributed by atoms with E-state index in [9.17, 15) is 4.79 Å². The van der Waals surface area contributed by atoms with Gasteiger partial charge in [-0.3, -0.25) is 4.79 Å². The van der Waals surface area contributed by atoms with E-state index in [-0.39, 0.29) is 11.7 Å². The molecule has 0 saturated carbocycles. The average molecular weight is 247 g/mol. The molecule has 1 atom stereocenters. The number of rotatable bonds is 7. The third-order valence-electron chi connectivity index (χ3n) is 3.31. The largest absolute Gasteiger partial charge is 0.330 e. The Labute approximate surface area is 111 Å². The van der Waals surface area contributed by atoms with Crippen LogP contribution in [0.3, 0.4) is 0 Å². The minimum atomic E-state index is 0.0100. The lowest BCUT2D eigenvalue weighted by Crippen LogP contribution is -2.26. The Morgan fingerprint density at radius 1 is 1.17 bits per heavy atom. The van der Waals surface area contributed by atoms with Crippen molar-refractivity contribution in [1.29, 1.82) is 0 Å². The molecule has 0 aliphatic heterocycles. The zero-order valence-corrected chi connectivity index (χ0v) is 11.8. The van der Waals surface area contributed by atoms with Gasteiger partial charge in [-0.1, -0.05) is 45.0 Å². The molecule has 0 aromatic heterocycles. The van der Waals surface area contributed by atoms with Crippen LogP contribution in [0.1, 0.15) is 38.3 Å². The third kappa shape index (κ3) is 4.61. The summed E-state index contributed by atoms with van der Waals surface area (Å²) in [6, 6.07) is 8.31. The topological polar surface area (TPSA) is 43.1 Å². The standard InChI is InChI=1S/C16H25NO/c1-4-13-5-7-14(8-6-13)10-16(18)15(11-17)9-12(2)3/h5-8,12,15H,4,9-11,17H2,1-3H3. The van der Waals surface area contributed by atoms with E-state index in [1.165, 1.54) is 5.56 Å². The van der Waals surface area contributed by atoms with E-state index in [0.29, 0.717) is 18.9 Å². The Bertz CT molecular complexity index is 367. The highest BCUT2D eigenvalue weighted by Gasteiger charge is 2.18. The van der Waals surface area contributed by atoms with Gasteiger partial charge < -0.3 is 5.73 Å². The molecule has 0 aliphatic rings. The van der Waals surface area contributed by atoms with Crippen LogP contribution in [0.15, 0.2) is 24.3 Å². The highest BCUT2D eigenvalue weighted by Crippen LogP contribution is 2.15. The minimum absolute atomic E-state index is 0.0100. The van der Waals surface area contributed by atoms with Crippen molar-refractivity contribution in [3.8, 4) is 0 Å². The van der Waals surface area contributed by atoms with Crippen LogP contribution in [0.2, 0.25) is 0 Å². The third-order valence-corrected chi connectivity index (χ3v) is 3.31. The average Bonchev–Trinajstić information content (AvgIpc) is 2.36. The number of ketones is 1. The van der Waals surface area contributed by atoms with Crippen LogP contribution in [0.25, 0.3) is 0 Å². The molecule has 0 spiro atoms. The molecule has 18 heavy (non-hydrogen) atoms. The fraction of sp³-hybridized carbons (Fsp3) is 0.562. The van der Waals surface area contributed by atoms with Crippen molar-refractivity contribution in [1.82, 2.24) is 0 Å². The zero-order chi connectivity index (χ0) is 13.5. The van der Waals surface area contributed by atoms with E-state index >= 15 is 0 Å². The Morgan fingerprint density at radius 2 is 1.72 bits per heavy atom. The molecule has 0 radical (unpaired) electrons. The second-order valence-corrected chi connectivity index (χ2v) is 5.38. The highest BCUT2D eigenvalue weighted by atomic mass is 16.1. The number of benzene rings is 1. The van der Waals surface area contributed by atoms with Crippen LogP contribution in [0.5, 0.6) is 0 Å². The maximum Gasteiger partial charge on any atom is 0.141 e. The molecule has 1 aromatic carbocycles. The summed E-state index contributed by atoms with van der Waals surface area (Å²) in [4.78, 5) is 12.2. The first-order valence-electron chi connectivity index (χ1n) is 6.87. The first kappa shape index (κ1) is 14.9. The fourth-order valence-electron chi connectivity index (χ4n) is 2.17. The fourth-order valence-corrected chi connectivity index (χ4v) is 2.17. The number of hydrogen-bond donors (Lipinski definition) is 1. The number of Topliss-reactive ketones (excluding diaryl/α,β-unsaturated/α-hetero) is 1. The molecule has 0 bridgehead atoms. The van der Waals surface area contributed by atoms with Crippen LogP contribution in [-0.4, -0.2) is 12.3 Å². The van der Waals surface area contributed by atoms with Crippen LogP contribution in [0, 0.1) is 11.8 Å². The van der Waals surface area contributed by atoms with Gasteiger partial charge in [0.05, 0.1) is 0 Å². The predicted octanol–water partition coefficient (Wildman–Crippen LogP) is 2.98. The van der Waals surface area contributed by atoms with Crippen LogP contribution in [0.4, 0.5) is 0 Å². The smallest absolute Gasteiger partial charge is 0.141 e. The second-order valence-electron chi connectivity index (χ2n) is 5.38. The van der Waals surface area contributed by atoms with Gasteiger partial charge in [0.2, 0.25) is 0 Å². The van der Waals surface area contributed by atoms with Gasteiger partial charge in [0.15, 0.2) is 0 Å². The zero-order valence-electron chi connectivity index (χ0n) is 11.8. The molecular formula is C16H25NO. The van der Waals surface area contributed by atoms with Gasteiger partial charge in [0.1, 0.15) is 5.78 Å². The first-order chi connectivity index (χ1) is 8.56. The summed E-state index contributed by atoms with van der Waals surface area (Å²) in [6.45, 7) is 6.86. The van der Waals surface area contributed by atoms with Crippen molar-refractivity contribution in [2.24, 2.45) is 17.6 Å². The number of aryl methyl sites for hydroxylation is 1. The van der Waals surface area contributed by atoms with Crippen molar-refractivity contribution in [2.75, 3.05) is 6.54 Å². The molecule has 2 N–H and O–H groups in total. The summed E-state index contributed by atoms with van der Waals surface area (Å²) in [5.41, 5.74) is 8.11. The monoisotopic (exact) mass is 247 g/mol. The van der Waals surface area contributed by atoms with E-state index in [1.54, 1.807) is 0 Å². The summed E-state index contributed by atoms with van der Waals surface area (Å²) in [7, 11) is 0. The van der Waals surface area contributed by atoms with E-state index < -0.39 is 0 Å². The molecule has 0 heterocycles. The Morgan fingerprint density at radius 3 is 2.17 bits per heavy atom. The number of hydrogen-bond acceptors (Lipinski definition) is 2. The molecule has 2 heteroatoms. The van der Waals surface area contributed by atoms with Crippen molar-refractivity contribution in [2.45, 2.75) is 40.0 Å². The van der Waals surface area contributed by atoms with Crippen molar-refractivity contribution in [3.63, 3.8) is 0 Å². The summed E-state index contributed by atoms with van der Waals surface area (Å²) >= 11 is 0. The van der Waals surface area contributed by atoms with Crippen LogP contribution >= 0.6 is 0 Å². The molecule has 1 aromatic rings. The second kappa shape index (κ2) is 7.32. The Balaban J connectivity index is 2.61. The van der Waals surface area contributed by atoms with Crippen LogP contribution < -0.4 is 5.73 Å². The van der Waals surface area contributed by atoms with Crippen LogP contribution in [-0.2, 0) is 17.6 Å². The minimum Gasteiger partial charge on any atom is -0.330 e. The van der Waals surface area contributed by atoms with Gasteiger partial charge in [0, 0.05) is 18.9 Å². The lowest BCUT2D eigenvalue weighted by molar-refractivity contribution is -0.122. The highest BCUT2D eigenvalue weighted by molar-refractivity contribution is 5.83. The predicted molar refractivity (Wildman–Crippen MR) is 76.5 cm³/mol. The molecule has 2 nitrogen and oxygen atoms in total. The van der Waals surface area contributed by atoms with Crippen molar-refractivity contribution < 1.29 is 4.79 Å². The van der Waals surface area contributed by atoms with Gasteiger partial charge in [-0.05, 0) is 29.9 Å².